The zero-order valence-corrected chi connectivity index (χ0v) is 17.7. The maximum absolute atomic E-state index is 14.2. The highest BCUT2D eigenvalue weighted by molar-refractivity contribution is 6.09. The fourth-order valence-electron chi connectivity index (χ4n) is 3.08. The molecule has 0 bridgehead atoms. The molecule has 2 aromatic heterocycles. The minimum atomic E-state index is -4.76. The van der Waals surface area contributed by atoms with Crippen LogP contribution in [0.2, 0.25) is 0 Å². The van der Waals surface area contributed by atoms with Crippen molar-refractivity contribution >= 4 is 17.6 Å². The van der Waals surface area contributed by atoms with Gasteiger partial charge in [0.1, 0.15) is 17.1 Å². The lowest BCUT2D eigenvalue weighted by atomic mass is 10.1. The third-order valence-corrected chi connectivity index (χ3v) is 4.51. The van der Waals surface area contributed by atoms with Crippen molar-refractivity contribution in [1.29, 1.82) is 0 Å². The van der Waals surface area contributed by atoms with Crippen LogP contribution < -0.4 is 9.64 Å². The van der Waals surface area contributed by atoms with E-state index < -0.39 is 58.4 Å². The molecule has 0 unspecified atom stereocenters. The topological polar surface area (TPSA) is 113 Å². The monoisotopic (exact) mass is 479 g/mol. The maximum Gasteiger partial charge on any atom is 0.421 e. The average molecular weight is 479 g/mol. The van der Waals surface area contributed by atoms with Crippen molar-refractivity contribution < 1.29 is 42.1 Å². The van der Waals surface area contributed by atoms with Gasteiger partial charge >= 0.3 is 12.1 Å². The zero-order chi connectivity index (χ0) is 25.2. The van der Waals surface area contributed by atoms with E-state index in [-0.39, 0.29) is 11.4 Å². The van der Waals surface area contributed by atoms with Gasteiger partial charge in [0.05, 0.1) is 17.4 Å². The summed E-state index contributed by atoms with van der Waals surface area (Å²) >= 11 is 0. The Morgan fingerprint density at radius 3 is 2.41 bits per heavy atom. The van der Waals surface area contributed by atoms with Gasteiger partial charge < -0.3 is 19.8 Å². The standard InChI is InChI=1S/C22H17F4N3O5/c1-11(2)29(20(31)18-16(23)8-12(30)10-28-18)17-6-5-13(9-14(17)21(32)33)34-19-15(22(24,25)26)4-3-7-27-19/h3-11,30H,1-2H3,(H,32,33). The first-order valence-corrected chi connectivity index (χ1v) is 9.65. The first-order valence-electron chi connectivity index (χ1n) is 9.65. The number of carbonyl (C=O) groups excluding carboxylic acids is 1. The Kier molecular flexibility index (Phi) is 6.70. The molecule has 0 fully saturated rings. The van der Waals surface area contributed by atoms with Gasteiger partial charge in [-0.25, -0.2) is 19.2 Å². The van der Waals surface area contributed by atoms with Crippen molar-refractivity contribution in [3.63, 3.8) is 0 Å². The van der Waals surface area contributed by atoms with Crippen LogP contribution in [0.15, 0.2) is 48.8 Å². The van der Waals surface area contributed by atoms with Crippen LogP contribution in [0.4, 0.5) is 23.2 Å². The van der Waals surface area contributed by atoms with Crippen LogP contribution in [0.25, 0.3) is 0 Å². The first-order chi connectivity index (χ1) is 15.9. The summed E-state index contributed by atoms with van der Waals surface area (Å²) in [6.07, 6.45) is -2.83. The number of aromatic hydroxyl groups is 1. The third kappa shape index (κ3) is 5.05. The van der Waals surface area contributed by atoms with Gasteiger partial charge in [-0.15, -0.1) is 0 Å². The number of alkyl halides is 3. The minimum Gasteiger partial charge on any atom is -0.506 e. The molecule has 2 heterocycles. The van der Waals surface area contributed by atoms with E-state index in [1.807, 2.05) is 0 Å². The minimum absolute atomic E-state index is 0.175. The molecule has 1 aromatic carbocycles. The van der Waals surface area contributed by atoms with E-state index in [4.69, 9.17) is 4.74 Å². The molecule has 0 saturated heterocycles. The number of rotatable bonds is 6. The second-order valence-corrected chi connectivity index (χ2v) is 7.23. The van der Waals surface area contributed by atoms with Gasteiger partial charge in [-0.1, -0.05) is 0 Å². The van der Waals surface area contributed by atoms with Crippen molar-refractivity contribution in [3.05, 3.63) is 71.4 Å². The number of aromatic nitrogens is 2. The van der Waals surface area contributed by atoms with Crippen LogP contribution in [0, 0.1) is 5.82 Å². The van der Waals surface area contributed by atoms with Gasteiger partial charge in [-0.2, -0.15) is 13.2 Å². The maximum atomic E-state index is 14.2. The van der Waals surface area contributed by atoms with Crippen molar-refractivity contribution in [2.45, 2.75) is 26.1 Å². The van der Waals surface area contributed by atoms with Gasteiger partial charge in [0.25, 0.3) is 5.91 Å². The van der Waals surface area contributed by atoms with Crippen LogP contribution in [-0.2, 0) is 6.18 Å². The Balaban J connectivity index is 2.05. The molecule has 0 aliphatic heterocycles. The van der Waals surface area contributed by atoms with Crippen molar-refractivity contribution in [3.8, 4) is 17.4 Å². The van der Waals surface area contributed by atoms with Crippen molar-refractivity contribution in [2.24, 2.45) is 0 Å². The number of amides is 1. The third-order valence-electron chi connectivity index (χ3n) is 4.51. The van der Waals surface area contributed by atoms with E-state index in [0.29, 0.717) is 6.07 Å². The number of aromatic carboxylic acids is 1. The SMILES string of the molecule is CC(C)N(C(=O)c1ncc(O)cc1F)c1ccc(Oc2ncccc2C(F)(F)F)cc1C(=O)O. The van der Waals surface area contributed by atoms with Gasteiger partial charge in [0.2, 0.25) is 5.88 Å². The number of halogens is 4. The molecule has 2 N–H and O–H groups in total. The number of anilines is 1. The number of nitrogens with zero attached hydrogens (tertiary/aromatic N) is 3. The number of hydrogen-bond donors (Lipinski definition) is 2. The Labute approximate surface area is 190 Å². The number of carboxylic acids is 1. The van der Waals surface area contributed by atoms with E-state index in [9.17, 15) is 37.4 Å². The van der Waals surface area contributed by atoms with Crippen molar-refractivity contribution in [2.75, 3.05) is 4.90 Å². The van der Waals surface area contributed by atoms with Crippen LogP contribution in [0.3, 0.4) is 0 Å². The van der Waals surface area contributed by atoms with E-state index in [1.54, 1.807) is 0 Å². The highest BCUT2D eigenvalue weighted by Gasteiger charge is 2.35. The Morgan fingerprint density at radius 1 is 1.12 bits per heavy atom. The molecule has 0 aliphatic carbocycles. The zero-order valence-electron chi connectivity index (χ0n) is 17.7. The van der Waals surface area contributed by atoms with Crippen LogP contribution in [0.1, 0.15) is 40.3 Å². The molecule has 0 atom stereocenters. The fourth-order valence-corrected chi connectivity index (χ4v) is 3.08. The number of pyridine rings is 2. The Hall–Kier alpha value is -4.22. The number of benzene rings is 1. The molecule has 12 heteroatoms. The smallest absolute Gasteiger partial charge is 0.421 e. The highest BCUT2D eigenvalue weighted by Crippen LogP contribution is 2.37. The van der Waals surface area contributed by atoms with Gasteiger partial charge in [-0.05, 0) is 44.2 Å². The number of hydrogen-bond acceptors (Lipinski definition) is 6. The molecule has 0 spiro atoms. The Morgan fingerprint density at radius 2 is 1.82 bits per heavy atom. The van der Waals surface area contributed by atoms with Crippen LogP contribution in [0.5, 0.6) is 17.4 Å². The summed E-state index contributed by atoms with van der Waals surface area (Å²) in [6, 6.07) is 5.05. The molecule has 3 aromatic rings. The molecule has 178 valence electrons. The van der Waals surface area contributed by atoms with Crippen LogP contribution in [-0.4, -0.2) is 38.1 Å². The normalized spacial score (nSPS) is 11.4. The highest BCUT2D eigenvalue weighted by atomic mass is 19.4. The summed E-state index contributed by atoms with van der Waals surface area (Å²) in [5, 5.41) is 19.0. The number of ether oxygens (including phenoxy) is 1. The number of carboxylic acid groups (broad SMARTS) is 1. The predicted molar refractivity (Wildman–Crippen MR) is 111 cm³/mol. The van der Waals surface area contributed by atoms with E-state index >= 15 is 0 Å². The predicted octanol–water partition coefficient (Wildman–Crippen LogP) is 4.89. The van der Waals surface area contributed by atoms with Crippen molar-refractivity contribution in [1.82, 2.24) is 9.97 Å². The summed E-state index contributed by atoms with van der Waals surface area (Å²) < 4.78 is 59.1. The van der Waals surface area contributed by atoms with Gasteiger partial charge in [-0.3, -0.25) is 4.79 Å². The lowest BCUT2D eigenvalue weighted by Gasteiger charge is -2.28. The molecule has 0 aliphatic rings. The largest absolute Gasteiger partial charge is 0.506 e. The quantitative estimate of drug-likeness (QED) is 0.484. The summed E-state index contributed by atoms with van der Waals surface area (Å²) in [5.41, 5.74) is -2.50. The lowest BCUT2D eigenvalue weighted by Crippen LogP contribution is -2.39. The molecular weight excluding hydrogens is 462 g/mol. The molecule has 0 radical (unpaired) electrons. The van der Waals surface area contributed by atoms with E-state index in [2.05, 4.69) is 9.97 Å². The summed E-state index contributed by atoms with van der Waals surface area (Å²) in [7, 11) is 0. The van der Waals surface area contributed by atoms with E-state index in [1.165, 1.54) is 13.8 Å². The second kappa shape index (κ2) is 9.33. The number of carbonyl (C=O) groups is 2. The van der Waals surface area contributed by atoms with Gasteiger partial charge in [0.15, 0.2) is 11.5 Å². The molecule has 1 amide bonds. The molecule has 0 saturated carbocycles. The second-order valence-electron chi connectivity index (χ2n) is 7.23. The summed E-state index contributed by atoms with van der Waals surface area (Å²) in [6.45, 7) is 3.07. The van der Waals surface area contributed by atoms with E-state index in [0.717, 1.165) is 47.6 Å². The fraction of sp³-hybridized carbons (Fsp3) is 0.182. The lowest BCUT2D eigenvalue weighted by molar-refractivity contribution is -0.138. The summed E-state index contributed by atoms with van der Waals surface area (Å²) in [5.74, 6) is -5.21. The molecular formula is C22H17F4N3O5. The first kappa shape index (κ1) is 24.4. The average Bonchev–Trinajstić information content (AvgIpc) is 2.74. The molecule has 3 rings (SSSR count). The summed E-state index contributed by atoms with van der Waals surface area (Å²) in [4.78, 5) is 33.0. The Bertz CT molecular complexity index is 1250. The van der Waals surface area contributed by atoms with Gasteiger partial charge in [0, 0.05) is 18.3 Å². The van der Waals surface area contributed by atoms with Crippen LogP contribution >= 0.6 is 0 Å². The molecule has 34 heavy (non-hydrogen) atoms. The molecule has 8 nitrogen and oxygen atoms in total.